The molecule has 1 aliphatic heterocycles. The third-order valence-electron chi connectivity index (χ3n) is 5.33. The number of rotatable bonds is 5. The van der Waals surface area contributed by atoms with Crippen molar-refractivity contribution in [2.75, 3.05) is 36.5 Å². The van der Waals surface area contributed by atoms with Crippen molar-refractivity contribution in [1.29, 1.82) is 0 Å². The molecule has 0 amide bonds. The largest absolute Gasteiger partial charge is 0.378 e. The van der Waals surface area contributed by atoms with Crippen LogP contribution in [0.3, 0.4) is 0 Å². The van der Waals surface area contributed by atoms with E-state index in [1.165, 1.54) is 5.56 Å². The number of fused-ring (bicyclic) bond motifs is 1. The lowest BCUT2D eigenvalue weighted by atomic mass is 10.2. The number of nitrogens with zero attached hydrogens (tertiary/aromatic N) is 6. The molecule has 3 heterocycles. The van der Waals surface area contributed by atoms with Gasteiger partial charge in [-0.25, -0.2) is 4.98 Å². The van der Waals surface area contributed by atoms with Gasteiger partial charge < -0.3 is 15.0 Å². The Bertz CT molecular complexity index is 1260. The van der Waals surface area contributed by atoms with E-state index in [1.54, 1.807) is 4.68 Å². The molecular formula is C24H25N7O. The molecule has 162 valence electrons. The van der Waals surface area contributed by atoms with Crippen molar-refractivity contribution in [3.05, 3.63) is 71.5 Å². The number of anilines is 3. The van der Waals surface area contributed by atoms with Gasteiger partial charge in [0.15, 0.2) is 17.0 Å². The quantitative estimate of drug-likeness (QED) is 0.487. The number of morpholine rings is 1. The van der Waals surface area contributed by atoms with Gasteiger partial charge in [0.05, 0.1) is 19.4 Å². The first-order chi connectivity index (χ1) is 15.7. The fraction of sp³-hybridized carbons (Fsp3) is 0.250. The van der Waals surface area contributed by atoms with Crippen molar-refractivity contribution in [3.63, 3.8) is 0 Å². The Morgan fingerprint density at radius 3 is 2.56 bits per heavy atom. The van der Waals surface area contributed by atoms with Gasteiger partial charge in [-0.2, -0.15) is 19.7 Å². The number of aromatic nitrogens is 4. The van der Waals surface area contributed by atoms with Crippen LogP contribution in [0.1, 0.15) is 17.0 Å². The number of imidazole rings is 1. The smallest absolute Gasteiger partial charge is 0.229 e. The first-order valence-electron chi connectivity index (χ1n) is 10.7. The van der Waals surface area contributed by atoms with Crippen molar-refractivity contribution < 1.29 is 4.74 Å². The molecule has 1 N–H and O–H groups in total. The Balaban J connectivity index is 1.61. The summed E-state index contributed by atoms with van der Waals surface area (Å²) < 4.78 is 7.28. The average Bonchev–Trinajstić information content (AvgIpc) is 3.14. The van der Waals surface area contributed by atoms with Gasteiger partial charge in [-0.15, -0.1) is 0 Å². The molecule has 4 aromatic rings. The standard InChI is InChI=1S/C24H25N7O/c1-17-7-6-8-19(15-17)16-25-31-18(2)26-21-22(27-20-9-4-3-5-10-20)28-24(29-23(21)31)30-11-13-32-14-12-30/h3-10,15-16H,11-14H2,1-2H3,(H,27,28,29)/b25-16+. The lowest BCUT2D eigenvalue weighted by Crippen LogP contribution is -2.37. The molecule has 32 heavy (non-hydrogen) atoms. The molecular weight excluding hydrogens is 402 g/mol. The molecule has 2 aromatic heterocycles. The normalized spacial score (nSPS) is 14.4. The molecule has 5 rings (SSSR count). The predicted octanol–water partition coefficient (Wildman–Crippen LogP) is 3.91. The molecule has 1 aliphatic rings. The third kappa shape index (κ3) is 4.17. The zero-order valence-corrected chi connectivity index (χ0v) is 18.2. The number of aryl methyl sites for hydroxylation is 2. The van der Waals surface area contributed by atoms with E-state index in [9.17, 15) is 0 Å². The van der Waals surface area contributed by atoms with Crippen LogP contribution in [-0.2, 0) is 4.74 Å². The summed E-state index contributed by atoms with van der Waals surface area (Å²) in [6, 6.07) is 18.2. The molecule has 0 saturated carbocycles. The van der Waals surface area contributed by atoms with Crippen LogP contribution in [-0.4, -0.2) is 52.1 Å². The minimum absolute atomic E-state index is 0.645. The number of nitrogens with one attached hydrogen (secondary N) is 1. The Morgan fingerprint density at radius 2 is 1.78 bits per heavy atom. The minimum Gasteiger partial charge on any atom is -0.378 e. The summed E-state index contributed by atoms with van der Waals surface area (Å²) in [5, 5.41) is 8.12. The molecule has 0 aliphatic carbocycles. The topological polar surface area (TPSA) is 80.5 Å². The van der Waals surface area contributed by atoms with Gasteiger partial charge in [0.1, 0.15) is 5.82 Å². The first kappa shape index (κ1) is 20.1. The van der Waals surface area contributed by atoms with E-state index in [0.29, 0.717) is 36.1 Å². The Kier molecular flexibility index (Phi) is 5.51. The van der Waals surface area contributed by atoms with E-state index in [4.69, 9.17) is 24.8 Å². The third-order valence-corrected chi connectivity index (χ3v) is 5.33. The van der Waals surface area contributed by atoms with Gasteiger partial charge in [-0.3, -0.25) is 0 Å². The maximum Gasteiger partial charge on any atom is 0.229 e. The van der Waals surface area contributed by atoms with Gasteiger partial charge in [0, 0.05) is 18.8 Å². The van der Waals surface area contributed by atoms with Crippen molar-refractivity contribution in [2.45, 2.75) is 13.8 Å². The number of hydrogen-bond acceptors (Lipinski definition) is 7. The second-order valence-corrected chi connectivity index (χ2v) is 7.76. The molecule has 8 nitrogen and oxygen atoms in total. The average molecular weight is 428 g/mol. The van der Waals surface area contributed by atoms with Crippen molar-refractivity contribution in [1.82, 2.24) is 19.6 Å². The summed E-state index contributed by atoms with van der Waals surface area (Å²) in [6.07, 6.45) is 1.84. The fourth-order valence-corrected chi connectivity index (χ4v) is 3.71. The van der Waals surface area contributed by atoms with Crippen LogP contribution in [0.25, 0.3) is 11.2 Å². The maximum absolute atomic E-state index is 5.51. The van der Waals surface area contributed by atoms with Crippen molar-refractivity contribution >= 4 is 34.8 Å². The monoisotopic (exact) mass is 427 g/mol. The lowest BCUT2D eigenvalue weighted by Gasteiger charge is -2.27. The Morgan fingerprint density at radius 1 is 0.969 bits per heavy atom. The highest BCUT2D eigenvalue weighted by Gasteiger charge is 2.20. The number of ether oxygens (including phenoxy) is 1. The second-order valence-electron chi connectivity index (χ2n) is 7.76. The molecule has 1 fully saturated rings. The van der Waals surface area contributed by atoms with E-state index in [1.807, 2.05) is 55.6 Å². The Hall–Kier alpha value is -3.78. The minimum atomic E-state index is 0.645. The highest BCUT2D eigenvalue weighted by atomic mass is 16.5. The van der Waals surface area contributed by atoms with Crippen molar-refractivity contribution in [3.8, 4) is 0 Å². The van der Waals surface area contributed by atoms with Gasteiger partial charge in [0.25, 0.3) is 0 Å². The Labute approximate surface area is 186 Å². The van der Waals surface area contributed by atoms with Gasteiger partial charge in [-0.05, 0) is 31.5 Å². The zero-order valence-electron chi connectivity index (χ0n) is 18.2. The molecule has 1 saturated heterocycles. The molecule has 0 radical (unpaired) electrons. The molecule has 2 aromatic carbocycles. The molecule has 0 spiro atoms. The number of para-hydroxylation sites is 1. The lowest BCUT2D eigenvalue weighted by molar-refractivity contribution is 0.122. The summed E-state index contributed by atoms with van der Waals surface area (Å²) in [6.45, 7) is 6.81. The van der Waals surface area contributed by atoms with Crippen LogP contribution in [0, 0.1) is 13.8 Å². The van der Waals surface area contributed by atoms with Crippen molar-refractivity contribution in [2.24, 2.45) is 5.10 Å². The van der Waals surface area contributed by atoms with Gasteiger partial charge >= 0.3 is 0 Å². The summed E-state index contributed by atoms with van der Waals surface area (Å²) in [5.74, 6) is 2.05. The van der Waals surface area contributed by atoms with Crippen LogP contribution in [0.5, 0.6) is 0 Å². The summed E-state index contributed by atoms with van der Waals surface area (Å²) in [5.41, 5.74) is 4.51. The molecule has 0 atom stereocenters. The van der Waals surface area contributed by atoms with Crippen LogP contribution >= 0.6 is 0 Å². The van der Waals surface area contributed by atoms with Crippen LogP contribution < -0.4 is 10.2 Å². The fourth-order valence-electron chi connectivity index (χ4n) is 3.71. The van der Waals surface area contributed by atoms with Crippen LogP contribution in [0.15, 0.2) is 59.7 Å². The van der Waals surface area contributed by atoms with Crippen LogP contribution in [0.2, 0.25) is 0 Å². The number of benzene rings is 2. The summed E-state index contributed by atoms with van der Waals surface area (Å²) in [7, 11) is 0. The highest BCUT2D eigenvalue weighted by Crippen LogP contribution is 2.27. The molecule has 0 bridgehead atoms. The van der Waals surface area contributed by atoms with E-state index < -0.39 is 0 Å². The zero-order chi connectivity index (χ0) is 21.9. The van der Waals surface area contributed by atoms with Gasteiger partial charge in [-0.1, -0.05) is 48.0 Å². The maximum atomic E-state index is 5.51. The SMILES string of the molecule is Cc1cccc(/C=N/n2c(C)nc3c(Nc4ccccc4)nc(N4CCOCC4)nc32)c1. The summed E-state index contributed by atoms with van der Waals surface area (Å²) >= 11 is 0. The van der Waals surface area contributed by atoms with Gasteiger partial charge in [0.2, 0.25) is 5.95 Å². The van der Waals surface area contributed by atoms with E-state index in [0.717, 1.165) is 30.2 Å². The first-order valence-corrected chi connectivity index (χ1v) is 10.7. The van der Waals surface area contributed by atoms with E-state index >= 15 is 0 Å². The molecule has 8 heteroatoms. The van der Waals surface area contributed by atoms with E-state index in [2.05, 4.69) is 29.3 Å². The second kappa shape index (κ2) is 8.76. The highest BCUT2D eigenvalue weighted by molar-refractivity contribution is 5.88. The predicted molar refractivity (Wildman–Crippen MR) is 127 cm³/mol. The number of hydrogen-bond donors (Lipinski definition) is 1. The molecule has 0 unspecified atom stereocenters. The van der Waals surface area contributed by atoms with E-state index in [-0.39, 0.29) is 0 Å². The van der Waals surface area contributed by atoms with Crippen LogP contribution in [0.4, 0.5) is 17.5 Å². The summed E-state index contributed by atoms with van der Waals surface area (Å²) in [4.78, 5) is 16.6.